The lowest BCUT2D eigenvalue weighted by Gasteiger charge is -2.41. The van der Waals surface area contributed by atoms with Gasteiger partial charge >= 0.3 is 0 Å². The molecule has 3 rings (SSSR count). The second-order valence-electron chi connectivity index (χ2n) is 7.20. The third-order valence-electron chi connectivity index (χ3n) is 5.10. The maximum atomic E-state index is 6.04. The molecular weight excluding hydrogens is 286 g/mol. The average molecular weight is 317 g/mol. The minimum atomic E-state index is 0.150. The van der Waals surface area contributed by atoms with Gasteiger partial charge in [0.1, 0.15) is 5.75 Å². The molecule has 0 spiro atoms. The maximum absolute atomic E-state index is 6.04. The van der Waals surface area contributed by atoms with Crippen LogP contribution < -0.4 is 15.4 Å². The first-order valence-corrected chi connectivity index (χ1v) is 9.18. The second-order valence-corrected chi connectivity index (χ2v) is 7.20. The van der Waals surface area contributed by atoms with E-state index in [1.54, 1.807) is 0 Å². The van der Waals surface area contributed by atoms with Crippen molar-refractivity contribution in [3.8, 4) is 5.75 Å². The van der Waals surface area contributed by atoms with Gasteiger partial charge in [0.15, 0.2) is 0 Å². The van der Waals surface area contributed by atoms with Gasteiger partial charge in [-0.25, -0.2) is 0 Å². The average Bonchev–Trinajstić information content (AvgIpc) is 2.57. The summed E-state index contributed by atoms with van der Waals surface area (Å²) in [5.41, 5.74) is 8.01. The van der Waals surface area contributed by atoms with Crippen LogP contribution in [-0.2, 0) is 0 Å². The van der Waals surface area contributed by atoms with E-state index in [9.17, 15) is 0 Å². The molecule has 2 N–H and O–H groups in total. The molecule has 1 aromatic carbocycles. The van der Waals surface area contributed by atoms with E-state index in [2.05, 4.69) is 21.9 Å². The van der Waals surface area contributed by atoms with Crippen LogP contribution in [0.2, 0.25) is 0 Å². The van der Waals surface area contributed by atoms with Gasteiger partial charge in [-0.1, -0.05) is 6.42 Å². The molecule has 0 aliphatic carbocycles. The van der Waals surface area contributed by atoms with E-state index in [-0.39, 0.29) is 6.10 Å². The van der Waals surface area contributed by atoms with Crippen molar-refractivity contribution in [2.75, 3.05) is 36.8 Å². The Morgan fingerprint density at radius 3 is 2.39 bits per heavy atom. The van der Waals surface area contributed by atoms with Crippen LogP contribution in [0.3, 0.4) is 0 Å². The number of rotatable bonds is 4. The van der Waals surface area contributed by atoms with Crippen molar-refractivity contribution in [3.63, 3.8) is 0 Å². The zero-order valence-electron chi connectivity index (χ0n) is 14.6. The smallest absolute Gasteiger partial charge is 0.144 e. The summed E-state index contributed by atoms with van der Waals surface area (Å²) in [4.78, 5) is 5.20. The van der Waals surface area contributed by atoms with E-state index in [0.29, 0.717) is 0 Å². The van der Waals surface area contributed by atoms with Gasteiger partial charge < -0.3 is 20.3 Å². The summed E-state index contributed by atoms with van der Waals surface area (Å²) in [5, 5.41) is 0. The lowest BCUT2D eigenvalue weighted by Crippen LogP contribution is -2.46. The van der Waals surface area contributed by atoms with E-state index in [4.69, 9.17) is 10.5 Å². The first-order chi connectivity index (χ1) is 11.1. The number of nitrogens with two attached hydrogens (primary N) is 1. The Morgan fingerprint density at radius 2 is 1.74 bits per heavy atom. The summed E-state index contributed by atoms with van der Waals surface area (Å²) in [6, 6.07) is 7.00. The number of nitrogens with zero attached hydrogens (tertiary/aromatic N) is 2. The molecule has 0 saturated carbocycles. The molecule has 0 amide bonds. The minimum Gasteiger partial charge on any atom is -0.489 e. The molecule has 2 saturated heterocycles. The minimum absolute atomic E-state index is 0.150. The molecule has 1 aromatic rings. The first-order valence-electron chi connectivity index (χ1n) is 9.18. The van der Waals surface area contributed by atoms with Gasteiger partial charge in [0.05, 0.1) is 11.8 Å². The summed E-state index contributed by atoms with van der Waals surface area (Å²) in [5.74, 6) is 0.815. The van der Waals surface area contributed by atoms with Crippen LogP contribution in [0.1, 0.15) is 46.0 Å². The van der Waals surface area contributed by atoms with Crippen LogP contribution in [0, 0.1) is 0 Å². The predicted molar refractivity (Wildman–Crippen MR) is 97.3 cm³/mol. The topological polar surface area (TPSA) is 41.7 Å². The Kier molecular flexibility index (Phi) is 5.31. The predicted octanol–water partition coefficient (Wildman–Crippen LogP) is 3.51. The van der Waals surface area contributed by atoms with Gasteiger partial charge in [0.2, 0.25) is 0 Å². The molecule has 128 valence electrons. The molecule has 0 radical (unpaired) electrons. The molecule has 23 heavy (non-hydrogen) atoms. The van der Waals surface area contributed by atoms with Gasteiger partial charge in [0.25, 0.3) is 0 Å². The third kappa shape index (κ3) is 4.11. The van der Waals surface area contributed by atoms with Crippen molar-refractivity contribution in [3.05, 3.63) is 18.2 Å². The standard InChI is InChI=1S/C19H31N3O/c1-15(2)23-19-14-17(6-7-18(19)20)22-12-8-16(9-13-22)21-10-4-3-5-11-21/h6-7,14-16H,3-5,8-13,20H2,1-2H3. The third-order valence-corrected chi connectivity index (χ3v) is 5.10. The number of hydrogen-bond donors (Lipinski definition) is 1. The van der Waals surface area contributed by atoms with Crippen LogP contribution in [0.4, 0.5) is 11.4 Å². The van der Waals surface area contributed by atoms with Crippen molar-refractivity contribution in [1.29, 1.82) is 0 Å². The molecule has 0 bridgehead atoms. The molecule has 0 aromatic heterocycles. The number of nitrogen functional groups attached to an aromatic ring is 1. The highest BCUT2D eigenvalue weighted by Crippen LogP contribution is 2.31. The Morgan fingerprint density at radius 1 is 1.04 bits per heavy atom. The van der Waals surface area contributed by atoms with Crippen molar-refractivity contribution < 1.29 is 4.74 Å². The normalized spacial score (nSPS) is 20.9. The van der Waals surface area contributed by atoms with Crippen LogP contribution in [0.25, 0.3) is 0 Å². The van der Waals surface area contributed by atoms with E-state index >= 15 is 0 Å². The first kappa shape index (κ1) is 16.4. The number of hydrogen-bond acceptors (Lipinski definition) is 4. The fourth-order valence-corrected chi connectivity index (χ4v) is 3.85. The van der Waals surface area contributed by atoms with E-state index in [1.807, 2.05) is 19.9 Å². The highest BCUT2D eigenvalue weighted by molar-refractivity contribution is 5.62. The molecule has 2 fully saturated rings. The zero-order valence-corrected chi connectivity index (χ0v) is 14.6. The number of benzene rings is 1. The lowest BCUT2D eigenvalue weighted by molar-refractivity contribution is 0.141. The molecule has 2 aliphatic heterocycles. The number of likely N-dealkylation sites (tertiary alicyclic amines) is 1. The Hall–Kier alpha value is -1.42. The number of piperidine rings is 2. The van der Waals surface area contributed by atoms with E-state index in [0.717, 1.165) is 30.6 Å². The molecule has 0 unspecified atom stereocenters. The second kappa shape index (κ2) is 7.43. The van der Waals surface area contributed by atoms with E-state index < -0.39 is 0 Å². The lowest BCUT2D eigenvalue weighted by atomic mass is 9.99. The van der Waals surface area contributed by atoms with Crippen LogP contribution in [0.5, 0.6) is 5.75 Å². The number of anilines is 2. The molecule has 0 atom stereocenters. The molecule has 4 nitrogen and oxygen atoms in total. The summed E-state index contributed by atoms with van der Waals surface area (Å²) in [6.07, 6.45) is 6.87. The summed E-state index contributed by atoms with van der Waals surface area (Å²) >= 11 is 0. The molecule has 2 aliphatic rings. The van der Waals surface area contributed by atoms with E-state index in [1.165, 1.54) is 50.9 Å². The highest BCUT2D eigenvalue weighted by Gasteiger charge is 2.25. The summed E-state index contributed by atoms with van der Waals surface area (Å²) < 4.78 is 5.83. The Bertz CT molecular complexity index is 503. The van der Waals surface area contributed by atoms with Crippen molar-refractivity contribution in [1.82, 2.24) is 4.90 Å². The largest absolute Gasteiger partial charge is 0.489 e. The Balaban J connectivity index is 1.60. The summed E-state index contributed by atoms with van der Waals surface area (Å²) in [6.45, 7) is 8.95. The van der Waals surface area contributed by atoms with Crippen LogP contribution >= 0.6 is 0 Å². The van der Waals surface area contributed by atoms with Gasteiger partial charge in [-0.2, -0.15) is 0 Å². The fourth-order valence-electron chi connectivity index (χ4n) is 3.85. The van der Waals surface area contributed by atoms with Crippen molar-refractivity contribution >= 4 is 11.4 Å². The molecular formula is C19H31N3O. The van der Waals surface area contributed by atoms with Gasteiger partial charge in [-0.05, 0) is 64.8 Å². The quantitative estimate of drug-likeness (QED) is 0.863. The molecule has 4 heteroatoms. The molecule has 2 heterocycles. The van der Waals surface area contributed by atoms with Gasteiger partial charge in [-0.15, -0.1) is 0 Å². The van der Waals surface area contributed by atoms with Crippen LogP contribution in [0.15, 0.2) is 18.2 Å². The van der Waals surface area contributed by atoms with Gasteiger partial charge in [0, 0.05) is 30.9 Å². The highest BCUT2D eigenvalue weighted by atomic mass is 16.5. The fraction of sp³-hybridized carbons (Fsp3) is 0.684. The SMILES string of the molecule is CC(C)Oc1cc(N2CCC(N3CCCCC3)CC2)ccc1N. The van der Waals surface area contributed by atoms with Crippen molar-refractivity contribution in [2.24, 2.45) is 0 Å². The van der Waals surface area contributed by atoms with Gasteiger partial charge in [-0.3, -0.25) is 0 Å². The number of ether oxygens (including phenoxy) is 1. The monoisotopic (exact) mass is 317 g/mol. The van der Waals surface area contributed by atoms with Crippen LogP contribution in [-0.4, -0.2) is 43.2 Å². The Labute approximate surface area is 140 Å². The van der Waals surface area contributed by atoms with Crippen molar-refractivity contribution in [2.45, 2.75) is 58.1 Å². The maximum Gasteiger partial charge on any atom is 0.144 e. The zero-order chi connectivity index (χ0) is 16.2. The summed E-state index contributed by atoms with van der Waals surface area (Å²) in [7, 11) is 0.